The lowest BCUT2D eigenvalue weighted by Crippen LogP contribution is -2.29. The highest BCUT2D eigenvalue weighted by molar-refractivity contribution is 7.80. The van der Waals surface area contributed by atoms with E-state index in [-0.39, 0.29) is 0 Å². The first-order chi connectivity index (χ1) is 10.7. The lowest BCUT2D eigenvalue weighted by molar-refractivity contribution is 0.119. The van der Waals surface area contributed by atoms with Crippen LogP contribution in [0.2, 0.25) is 0 Å². The highest BCUT2D eigenvalue weighted by Crippen LogP contribution is 2.09. The molecule has 2 aromatic rings. The molecule has 0 bridgehead atoms. The highest BCUT2D eigenvalue weighted by Gasteiger charge is 1.98. The molecule has 0 aromatic heterocycles. The first kappa shape index (κ1) is 16.5. The zero-order valence-electron chi connectivity index (χ0n) is 12.8. The molecule has 3 nitrogen and oxygen atoms in total. The van der Waals surface area contributed by atoms with Gasteiger partial charge in [-0.1, -0.05) is 42.5 Å². The topological polar surface area (TPSA) is 33.3 Å². The number of aryl methyl sites for hydroxylation is 1. The molecule has 0 heterocycles. The van der Waals surface area contributed by atoms with E-state index in [0.29, 0.717) is 11.7 Å². The minimum Gasteiger partial charge on any atom is -0.377 e. The van der Waals surface area contributed by atoms with E-state index >= 15 is 0 Å². The molecular formula is C18H22N2OS. The summed E-state index contributed by atoms with van der Waals surface area (Å²) < 4.78 is 5.63. The van der Waals surface area contributed by atoms with Crippen LogP contribution >= 0.6 is 12.2 Å². The van der Waals surface area contributed by atoms with Crippen LogP contribution in [0.5, 0.6) is 0 Å². The molecule has 0 saturated heterocycles. The Kier molecular flexibility index (Phi) is 6.87. The van der Waals surface area contributed by atoms with Crippen LogP contribution in [0.3, 0.4) is 0 Å². The van der Waals surface area contributed by atoms with E-state index in [4.69, 9.17) is 17.0 Å². The molecule has 0 aliphatic heterocycles. The summed E-state index contributed by atoms with van der Waals surface area (Å²) >= 11 is 5.27. The van der Waals surface area contributed by atoms with Gasteiger partial charge in [-0.05, 0) is 48.8 Å². The standard InChI is InChI=1S/C18H22N2OS/c1-15-7-5-10-17(13-15)20-18(22)19-11-6-12-21-14-16-8-3-2-4-9-16/h2-5,7-10,13H,6,11-12,14H2,1H3,(H2,19,20,22). The number of ether oxygens (including phenoxy) is 1. The fourth-order valence-electron chi connectivity index (χ4n) is 2.04. The van der Waals surface area contributed by atoms with Crippen LogP contribution < -0.4 is 10.6 Å². The van der Waals surface area contributed by atoms with E-state index in [9.17, 15) is 0 Å². The Morgan fingerprint density at radius 2 is 1.91 bits per heavy atom. The zero-order valence-corrected chi connectivity index (χ0v) is 13.7. The monoisotopic (exact) mass is 314 g/mol. The van der Waals surface area contributed by atoms with Crippen LogP contribution in [0.4, 0.5) is 5.69 Å². The second-order valence-electron chi connectivity index (χ2n) is 5.14. The Morgan fingerprint density at radius 3 is 2.68 bits per heavy atom. The van der Waals surface area contributed by atoms with Gasteiger partial charge in [-0.15, -0.1) is 0 Å². The summed E-state index contributed by atoms with van der Waals surface area (Å²) in [6.07, 6.45) is 0.919. The lowest BCUT2D eigenvalue weighted by Gasteiger charge is -2.11. The number of hydrogen-bond acceptors (Lipinski definition) is 2. The Labute approximate surface area is 137 Å². The third-order valence-corrected chi connectivity index (χ3v) is 3.38. The van der Waals surface area contributed by atoms with E-state index in [1.54, 1.807) is 0 Å². The average molecular weight is 314 g/mol. The van der Waals surface area contributed by atoms with Crippen LogP contribution in [0.25, 0.3) is 0 Å². The molecule has 0 radical (unpaired) electrons. The van der Waals surface area contributed by atoms with Crippen molar-refractivity contribution in [1.29, 1.82) is 0 Å². The summed E-state index contributed by atoms with van der Waals surface area (Å²) in [5.74, 6) is 0. The SMILES string of the molecule is Cc1cccc(NC(=S)NCCCOCc2ccccc2)c1. The van der Waals surface area contributed by atoms with Crippen LogP contribution in [-0.2, 0) is 11.3 Å². The number of rotatable bonds is 7. The summed E-state index contributed by atoms with van der Waals surface area (Å²) in [7, 11) is 0. The Balaban J connectivity index is 1.56. The number of anilines is 1. The first-order valence-corrected chi connectivity index (χ1v) is 7.88. The maximum Gasteiger partial charge on any atom is 0.170 e. The van der Waals surface area contributed by atoms with Gasteiger partial charge in [0.15, 0.2) is 5.11 Å². The third-order valence-electron chi connectivity index (χ3n) is 3.14. The van der Waals surface area contributed by atoms with Gasteiger partial charge in [0, 0.05) is 18.8 Å². The van der Waals surface area contributed by atoms with Crippen LogP contribution in [-0.4, -0.2) is 18.3 Å². The predicted octanol–water partition coefficient (Wildman–Crippen LogP) is 3.89. The Hall–Kier alpha value is -1.91. The molecule has 0 spiro atoms. The molecule has 2 aromatic carbocycles. The van der Waals surface area contributed by atoms with Gasteiger partial charge in [-0.25, -0.2) is 0 Å². The summed E-state index contributed by atoms with van der Waals surface area (Å²) in [6.45, 7) is 4.24. The number of benzene rings is 2. The zero-order chi connectivity index (χ0) is 15.6. The molecule has 0 atom stereocenters. The minimum atomic E-state index is 0.647. The smallest absolute Gasteiger partial charge is 0.170 e. The van der Waals surface area contributed by atoms with E-state index in [0.717, 1.165) is 25.3 Å². The molecule has 0 unspecified atom stereocenters. The lowest BCUT2D eigenvalue weighted by atomic mass is 10.2. The molecule has 116 valence electrons. The molecule has 0 saturated carbocycles. The van der Waals surface area contributed by atoms with Gasteiger partial charge >= 0.3 is 0 Å². The largest absolute Gasteiger partial charge is 0.377 e. The predicted molar refractivity (Wildman–Crippen MR) is 96.1 cm³/mol. The van der Waals surface area contributed by atoms with Crippen molar-refractivity contribution in [2.75, 3.05) is 18.5 Å². The van der Waals surface area contributed by atoms with Crippen LogP contribution in [0, 0.1) is 6.92 Å². The average Bonchev–Trinajstić information content (AvgIpc) is 2.52. The molecule has 0 aliphatic carbocycles. The number of nitrogens with one attached hydrogen (secondary N) is 2. The van der Waals surface area contributed by atoms with Crippen molar-refractivity contribution >= 4 is 23.0 Å². The normalized spacial score (nSPS) is 10.2. The molecule has 0 fully saturated rings. The number of hydrogen-bond donors (Lipinski definition) is 2. The fraction of sp³-hybridized carbons (Fsp3) is 0.278. The molecule has 4 heteroatoms. The van der Waals surface area contributed by atoms with Crippen LogP contribution in [0.1, 0.15) is 17.5 Å². The van der Waals surface area contributed by atoms with E-state index in [1.165, 1.54) is 11.1 Å². The Bertz CT molecular complexity index is 587. The molecular weight excluding hydrogens is 292 g/mol. The second-order valence-corrected chi connectivity index (χ2v) is 5.55. The van der Waals surface area contributed by atoms with Gasteiger partial charge in [-0.2, -0.15) is 0 Å². The maximum absolute atomic E-state index is 5.63. The summed E-state index contributed by atoms with van der Waals surface area (Å²) in [5.41, 5.74) is 3.42. The summed E-state index contributed by atoms with van der Waals surface area (Å²) in [5, 5.41) is 7.02. The van der Waals surface area contributed by atoms with Gasteiger partial charge in [0.25, 0.3) is 0 Å². The van der Waals surface area contributed by atoms with Gasteiger partial charge in [-0.3, -0.25) is 0 Å². The second kappa shape index (κ2) is 9.18. The third kappa shape index (κ3) is 6.24. The van der Waals surface area contributed by atoms with Crippen molar-refractivity contribution in [2.45, 2.75) is 20.0 Å². The van der Waals surface area contributed by atoms with Gasteiger partial charge in [0.1, 0.15) is 0 Å². The van der Waals surface area contributed by atoms with E-state index < -0.39 is 0 Å². The van der Waals surface area contributed by atoms with E-state index in [2.05, 4.69) is 41.8 Å². The van der Waals surface area contributed by atoms with Gasteiger partial charge < -0.3 is 15.4 Å². The maximum atomic E-state index is 5.63. The highest BCUT2D eigenvalue weighted by atomic mass is 32.1. The quantitative estimate of drug-likeness (QED) is 0.600. The van der Waals surface area contributed by atoms with Crippen LogP contribution in [0.15, 0.2) is 54.6 Å². The first-order valence-electron chi connectivity index (χ1n) is 7.47. The van der Waals surface area contributed by atoms with Gasteiger partial charge in [0.2, 0.25) is 0 Å². The van der Waals surface area contributed by atoms with Crippen molar-refractivity contribution in [3.8, 4) is 0 Å². The minimum absolute atomic E-state index is 0.647. The number of thiocarbonyl (C=S) groups is 1. The van der Waals surface area contributed by atoms with Crippen molar-refractivity contribution < 1.29 is 4.74 Å². The van der Waals surface area contributed by atoms with Gasteiger partial charge in [0.05, 0.1) is 6.61 Å². The van der Waals surface area contributed by atoms with E-state index in [1.807, 2.05) is 30.3 Å². The Morgan fingerprint density at radius 1 is 1.09 bits per heavy atom. The molecule has 2 rings (SSSR count). The molecule has 0 aliphatic rings. The van der Waals surface area contributed by atoms with Crippen molar-refractivity contribution in [3.05, 3.63) is 65.7 Å². The van der Waals surface area contributed by atoms with Crippen molar-refractivity contribution in [2.24, 2.45) is 0 Å². The fourth-order valence-corrected chi connectivity index (χ4v) is 2.26. The van der Waals surface area contributed by atoms with Crippen molar-refractivity contribution in [3.63, 3.8) is 0 Å². The van der Waals surface area contributed by atoms with Crippen molar-refractivity contribution in [1.82, 2.24) is 5.32 Å². The molecule has 2 N–H and O–H groups in total. The molecule has 22 heavy (non-hydrogen) atoms. The summed E-state index contributed by atoms with van der Waals surface area (Å²) in [4.78, 5) is 0. The summed E-state index contributed by atoms with van der Waals surface area (Å²) in [6, 6.07) is 18.3. The molecule has 0 amide bonds.